The fourth-order valence-electron chi connectivity index (χ4n) is 1.14. The van der Waals surface area contributed by atoms with Crippen molar-refractivity contribution in [1.82, 2.24) is 20.1 Å². The van der Waals surface area contributed by atoms with Crippen LogP contribution < -0.4 is 5.32 Å². The Balaban J connectivity index is 2.49. The molecule has 0 aliphatic rings. The van der Waals surface area contributed by atoms with E-state index in [1.807, 2.05) is 0 Å². The predicted octanol–water partition coefficient (Wildman–Crippen LogP) is 0.168. The van der Waals surface area contributed by atoms with Gasteiger partial charge in [-0.3, -0.25) is 4.79 Å². The Kier molecular flexibility index (Phi) is 4.05. The maximum absolute atomic E-state index is 12.3. The number of hydrogen-bond donors (Lipinski definition) is 2. The van der Waals surface area contributed by atoms with Crippen LogP contribution >= 0.6 is 0 Å². The molecule has 1 aromatic heterocycles. The number of nitrogens with zero attached hydrogens (tertiary/aromatic N) is 3. The molecule has 9 heteroatoms. The summed E-state index contributed by atoms with van der Waals surface area (Å²) in [4.78, 5) is 10.4. The third-order valence-corrected chi connectivity index (χ3v) is 2.13. The van der Waals surface area contributed by atoms with Crippen molar-refractivity contribution in [2.24, 2.45) is 13.0 Å². The van der Waals surface area contributed by atoms with E-state index in [1.54, 1.807) is 7.05 Å². The Morgan fingerprint density at radius 1 is 1.65 bits per heavy atom. The van der Waals surface area contributed by atoms with Crippen molar-refractivity contribution < 1.29 is 23.1 Å². The summed E-state index contributed by atoms with van der Waals surface area (Å²) in [7, 11) is 1.63. The predicted molar refractivity (Wildman–Crippen MR) is 49.9 cm³/mol. The highest BCUT2D eigenvalue weighted by molar-refractivity contribution is 5.71. The van der Waals surface area contributed by atoms with Crippen molar-refractivity contribution in [3.8, 4) is 0 Å². The van der Waals surface area contributed by atoms with E-state index in [2.05, 4.69) is 15.5 Å². The maximum Gasteiger partial charge on any atom is 0.403 e. The molecule has 0 aromatic carbocycles. The molecule has 0 saturated heterocycles. The van der Waals surface area contributed by atoms with E-state index in [-0.39, 0.29) is 6.54 Å². The number of alkyl halides is 3. The van der Waals surface area contributed by atoms with Gasteiger partial charge in [-0.1, -0.05) is 0 Å². The zero-order valence-electron chi connectivity index (χ0n) is 8.90. The summed E-state index contributed by atoms with van der Waals surface area (Å²) in [5, 5.41) is 18.0. The number of hydrogen-bond acceptors (Lipinski definition) is 4. The topological polar surface area (TPSA) is 80.0 Å². The van der Waals surface area contributed by atoms with Crippen LogP contribution in [0.3, 0.4) is 0 Å². The summed E-state index contributed by atoms with van der Waals surface area (Å²) < 4.78 is 38.3. The lowest BCUT2D eigenvalue weighted by atomic mass is 10.1. The van der Waals surface area contributed by atoms with Gasteiger partial charge in [0.1, 0.15) is 12.2 Å². The number of carboxylic acids is 1. The van der Waals surface area contributed by atoms with Crippen molar-refractivity contribution in [2.45, 2.75) is 12.7 Å². The second kappa shape index (κ2) is 5.13. The van der Waals surface area contributed by atoms with Gasteiger partial charge >= 0.3 is 12.1 Å². The highest BCUT2D eigenvalue weighted by Crippen LogP contribution is 2.25. The van der Waals surface area contributed by atoms with Gasteiger partial charge in [-0.05, 0) is 0 Å². The van der Waals surface area contributed by atoms with Crippen LogP contribution in [0.25, 0.3) is 0 Å². The molecule has 1 atom stereocenters. The van der Waals surface area contributed by atoms with Crippen molar-refractivity contribution in [3.05, 3.63) is 12.2 Å². The fraction of sp³-hybridized carbons (Fsp3) is 0.625. The van der Waals surface area contributed by atoms with Crippen LogP contribution in [0.4, 0.5) is 13.2 Å². The minimum Gasteiger partial charge on any atom is -0.481 e. The van der Waals surface area contributed by atoms with Crippen molar-refractivity contribution in [3.63, 3.8) is 0 Å². The third kappa shape index (κ3) is 3.70. The van der Waals surface area contributed by atoms with Crippen LogP contribution in [-0.2, 0) is 18.4 Å². The number of carboxylic acid groups (broad SMARTS) is 1. The van der Waals surface area contributed by atoms with E-state index in [9.17, 15) is 18.0 Å². The quantitative estimate of drug-likeness (QED) is 0.780. The minimum atomic E-state index is -4.77. The molecule has 6 nitrogen and oxygen atoms in total. The van der Waals surface area contributed by atoms with Crippen LogP contribution in [0.5, 0.6) is 0 Å². The van der Waals surface area contributed by atoms with Gasteiger partial charge in [0.15, 0.2) is 5.92 Å². The van der Waals surface area contributed by atoms with E-state index in [0.29, 0.717) is 5.82 Å². The monoisotopic (exact) mass is 252 g/mol. The average molecular weight is 252 g/mol. The molecular weight excluding hydrogens is 241 g/mol. The Bertz CT molecular complexity index is 390. The van der Waals surface area contributed by atoms with E-state index >= 15 is 0 Å². The number of aryl methyl sites for hydroxylation is 1. The Morgan fingerprint density at radius 2 is 2.29 bits per heavy atom. The highest BCUT2D eigenvalue weighted by Gasteiger charge is 2.44. The summed E-state index contributed by atoms with van der Waals surface area (Å²) in [5.41, 5.74) is 0. The second-order valence-corrected chi connectivity index (χ2v) is 3.42. The van der Waals surface area contributed by atoms with Crippen molar-refractivity contribution in [1.29, 1.82) is 0 Å². The molecule has 0 saturated carbocycles. The zero-order chi connectivity index (χ0) is 13.1. The van der Waals surface area contributed by atoms with E-state index in [1.165, 1.54) is 10.9 Å². The molecule has 0 fully saturated rings. The summed E-state index contributed by atoms with van der Waals surface area (Å²) in [5.74, 6) is -3.89. The number of aromatic nitrogens is 3. The second-order valence-electron chi connectivity index (χ2n) is 3.42. The smallest absolute Gasteiger partial charge is 0.403 e. The molecule has 0 amide bonds. The molecule has 96 valence electrons. The largest absolute Gasteiger partial charge is 0.481 e. The SMILES string of the molecule is Cn1cnnc1CNCC(C(=O)O)C(F)(F)F. The molecule has 1 rings (SSSR count). The van der Waals surface area contributed by atoms with Gasteiger partial charge < -0.3 is 15.0 Å². The average Bonchev–Trinajstić information content (AvgIpc) is 2.56. The summed E-state index contributed by atoms with van der Waals surface area (Å²) in [6.45, 7) is -0.679. The molecular formula is C8H11F3N4O2. The molecule has 1 heterocycles. The van der Waals surface area contributed by atoms with Crippen LogP contribution in [0.15, 0.2) is 6.33 Å². The summed E-state index contributed by atoms with van der Waals surface area (Å²) in [6.07, 6.45) is -3.37. The number of rotatable bonds is 5. The van der Waals surface area contributed by atoms with Crippen LogP contribution in [0.1, 0.15) is 5.82 Å². The first kappa shape index (κ1) is 13.4. The normalized spacial score (nSPS) is 13.6. The third-order valence-electron chi connectivity index (χ3n) is 2.13. The van der Waals surface area contributed by atoms with Gasteiger partial charge in [0.05, 0.1) is 6.54 Å². The molecule has 0 bridgehead atoms. The fourth-order valence-corrected chi connectivity index (χ4v) is 1.14. The van der Waals surface area contributed by atoms with Gasteiger partial charge in [-0.15, -0.1) is 10.2 Å². The van der Waals surface area contributed by atoms with Crippen molar-refractivity contribution in [2.75, 3.05) is 6.54 Å². The van der Waals surface area contributed by atoms with E-state index in [4.69, 9.17) is 5.11 Å². The molecule has 17 heavy (non-hydrogen) atoms. The number of carbonyl (C=O) groups is 1. The molecule has 2 N–H and O–H groups in total. The first-order valence-corrected chi connectivity index (χ1v) is 4.65. The first-order chi connectivity index (χ1) is 7.82. The van der Waals surface area contributed by atoms with Gasteiger partial charge in [-0.25, -0.2) is 0 Å². The van der Waals surface area contributed by atoms with Crippen molar-refractivity contribution >= 4 is 5.97 Å². The Morgan fingerprint density at radius 3 is 2.71 bits per heavy atom. The standard InChI is InChI=1S/C8H11F3N4O2/c1-15-4-13-14-6(15)3-12-2-5(7(16)17)8(9,10)11/h4-5,12H,2-3H2,1H3,(H,16,17). The van der Waals surface area contributed by atoms with Gasteiger partial charge in [0.25, 0.3) is 0 Å². The summed E-state index contributed by atoms with van der Waals surface area (Å²) in [6, 6.07) is 0. The molecule has 0 spiro atoms. The van der Waals surface area contributed by atoms with Gasteiger partial charge in [0, 0.05) is 13.6 Å². The highest BCUT2D eigenvalue weighted by atomic mass is 19.4. The molecule has 0 aliphatic heterocycles. The minimum absolute atomic E-state index is 0.0242. The number of aliphatic carboxylic acids is 1. The van der Waals surface area contributed by atoms with Crippen LogP contribution in [-0.4, -0.2) is 38.6 Å². The van der Waals surface area contributed by atoms with Gasteiger partial charge in [-0.2, -0.15) is 13.2 Å². The Labute approximate surface area is 94.5 Å². The zero-order valence-corrected chi connectivity index (χ0v) is 8.90. The number of nitrogens with one attached hydrogen (secondary N) is 1. The van der Waals surface area contributed by atoms with Crippen LogP contribution in [0, 0.1) is 5.92 Å². The number of halogens is 3. The lowest BCUT2D eigenvalue weighted by Gasteiger charge is -2.16. The maximum atomic E-state index is 12.3. The van der Waals surface area contributed by atoms with E-state index < -0.39 is 24.6 Å². The molecule has 1 aromatic rings. The summed E-state index contributed by atoms with van der Waals surface area (Å²) >= 11 is 0. The molecule has 1 unspecified atom stereocenters. The lowest BCUT2D eigenvalue weighted by molar-refractivity contribution is -0.192. The van der Waals surface area contributed by atoms with Gasteiger partial charge in [0.2, 0.25) is 0 Å². The molecule has 0 radical (unpaired) electrons. The molecule has 0 aliphatic carbocycles. The first-order valence-electron chi connectivity index (χ1n) is 4.65. The lowest BCUT2D eigenvalue weighted by Crippen LogP contribution is -2.39. The van der Waals surface area contributed by atoms with Crippen LogP contribution in [0.2, 0.25) is 0 Å². The van der Waals surface area contributed by atoms with E-state index in [0.717, 1.165) is 0 Å². The Hall–Kier alpha value is -1.64.